The van der Waals surface area contributed by atoms with Crippen molar-refractivity contribution in [2.24, 2.45) is 0 Å². The lowest BCUT2D eigenvalue weighted by atomic mass is 10.2. The van der Waals surface area contributed by atoms with Gasteiger partial charge in [-0.1, -0.05) is 0 Å². The average molecular weight is 286 g/mol. The topological polar surface area (TPSA) is 105 Å². The predicted octanol–water partition coefficient (Wildman–Crippen LogP) is -0.641. The number of nitrogens with one attached hydrogen (secondary N) is 2. The maximum Gasteiger partial charge on any atom is 0.240 e. The van der Waals surface area contributed by atoms with Gasteiger partial charge in [0.15, 0.2) is 0 Å². The fraction of sp³-hybridized carbons (Fsp3) is 0.364. The van der Waals surface area contributed by atoms with Crippen LogP contribution in [-0.2, 0) is 14.8 Å². The number of anilines is 2. The molecule has 0 aliphatic heterocycles. The molecule has 0 fully saturated rings. The van der Waals surface area contributed by atoms with Gasteiger partial charge in [0.05, 0.1) is 22.8 Å². The Labute approximate surface area is 112 Å². The Hall–Kier alpha value is -1.80. The highest BCUT2D eigenvalue weighted by Gasteiger charge is 2.15. The van der Waals surface area contributed by atoms with Crippen LogP contribution in [0, 0.1) is 0 Å². The van der Waals surface area contributed by atoms with Crippen LogP contribution in [-0.4, -0.2) is 42.0 Å². The first-order valence-corrected chi connectivity index (χ1v) is 7.05. The number of carbonyl (C=O) groups is 1. The number of rotatable bonds is 5. The van der Waals surface area contributed by atoms with Crippen molar-refractivity contribution in [1.82, 2.24) is 10.0 Å². The smallest absolute Gasteiger partial charge is 0.240 e. The van der Waals surface area contributed by atoms with E-state index in [-0.39, 0.29) is 17.3 Å². The van der Waals surface area contributed by atoms with Gasteiger partial charge in [-0.05, 0) is 25.2 Å². The Kier molecular flexibility index (Phi) is 4.73. The van der Waals surface area contributed by atoms with Gasteiger partial charge in [0.25, 0.3) is 0 Å². The lowest BCUT2D eigenvalue weighted by Crippen LogP contribution is -2.33. The first-order chi connectivity index (χ1) is 8.81. The summed E-state index contributed by atoms with van der Waals surface area (Å²) in [6, 6.07) is 4.38. The van der Waals surface area contributed by atoms with Gasteiger partial charge >= 0.3 is 0 Å². The summed E-state index contributed by atoms with van der Waals surface area (Å²) in [5, 5.41) is 2.50. The molecule has 19 heavy (non-hydrogen) atoms. The Morgan fingerprint density at radius 3 is 2.47 bits per heavy atom. The van der Waals surface area contributed by atoms with Gasteiger partial charge in [-0.2, -0.15) is 0 Å². The molecular weight excluding hydrogens is 268 g/mol. The SMILES string of the molecule is CNC(=O)CN(C)c1ccc(S(=O)(=O)NC)cc1N. The molecule has 1 aromatic rings. The average Bonchev–Trinajstić information content (AvgIpc) is 2.38. The minimum atomic E-state index is -3.52. The maximum atomic E-state index is 11.6. The molecule has 8 heteroatoms. The van der Waals surface area contributed by atoms with Crippen LogP contribution in [0.15, 0.2) is 23.1 Å². The van der Waals surface area contributed by atoms with Crippen LogP contribution in [0.2, 0.25) is 0 Å². The van der Waals surface area contributed by atoms with Crippen molar-refractivity contribution in [3.05, 3.63) is 18.2 Å². The summed E-state index contributed by atoms with van der Waals surface area (Å²) in [6.07, 6.45) is 0. The molecule has 0 saturated heterocycles. The van der Waals surface area contributed by atoms with E-state index in [0.717, 1.165) is 0 Å². The zero-order valence-corrected chi connectivity index (χ0v) is 11.9. The summed E-state index contributed by atoms with van der Waals surface area (Å²) in [5.74, 6) is -0.158. The number of benzene rings is 1. The Bertz CT molecular complexity index is 571. The second-order valence-electron chi connectivity index (χ2n) is 3.96. The fourth-order valence-corrected chi connectivity index (χ4v) is 2.31. The number of likely N-dealkylation sites (N-methyl/N-ethyl adjacent to an activating group) is 2. The molecule has 1 amide bonds. The van der Waals surface area contributed by atoms with Crippen molar-refractivity contribution >= 4 is 27.3 Å². The van der Waals surface area contributed by atoms with E-state index in [1.807, 2.05) is 0 Å². The molecule has 0 aliphatic rings. The molecule has 0 bridgehead atoms. The highest BCUT2D eigenvalue weighted by molar-refractivity contribution is 7.89. The summed E-state index contributed by atoms with van der Waals surface area (Å²) in [5.41, 5.74) is 6.72. The molecular formula is C11H18N4O3S. The molecule has 0 heterocycles. The highest BCUT2D eigenvalue weighted by atomic mass is 32.2. The van der Waals surface area contributed by atoms with Gasteiger partial charge in [-0.25, -0.2) is 13.1 Å². The summed E-state index contributed by atoms with van der Waals surface area (Å²) in [4.78, 5) is 13.0. The van der Waals surface area contributed by atoms with Crippen molar-refractivity contribution < 1.29 is 13.2 Å². The molecule has 0 radical (unpaired) electrons. The van der Waals surface area contributed by atoms with Crippen molar-refractivity contribution in [3.8, 4) is 0 Å². The van der Waals surface area contributed by atoms with Crippen LogP contribution in [0.3, 0.4) is 0 Å². The molecule has 1 aromatic carbocycles. The monoisotopic (exact) mass is 286 g/mol. The van der Waals surface area contributed by atoms with E-state index in [1.54, 1.807) is 25.1 Å². The molecule has 0 saturated carbocycles. The quantitative estimate of drug-likeness (QED) is 0.624. The molecule has 1 rings (SSSR count). The highest BCUT2D eigenvalue weighted by Crippen LogP contribution is 2.25. The summed E-state index contributed by atoms with van der Waals surface area (Å²) >= 11 is 0. The second kappa shape index (κ2) is 5.89. The van der Waals surface area contributed by atoms with Gasteiger partial charge in [0, 0.05) is 14.1 Å². The van der Waals surface area contributed by atoms with Crippen molar-refractivity contribution in [1.29, 1.82) is 0 Å². The number of hydrogen-bond acceptors (Lipinski definition) is 5. The predicted molar refractivity (Wildman–Crippen MR) is 74.4 cm³/mol. The van der Waals surface area contributed by atoms with Crippen LogP contribution in [0.4, 0.5) is 11.4 Å². The molecule has 7 nitrogen and oxygen atoms in total. The van der Waals surface area contributed by atoms with Crippen molar-refractivity contribution in [2.45, 2.75) is 4.90 Å². The lowest BCUT2D eigenvalue weighted by Gasteiger charge is -2.20. The Morgan fingerprint density at radius 1 is 1.37 bits per heavy atom. The van der Waals surface area contributed by atoms with E-state index >= 15 is 0 Å². The minimum Gasteiger partial charge on any atom is -0.397 e. The molecule has 0 aliphatic carbocycles. The number of amides is 1. The van der Waals surface area contributed by atoms with Crippen molar-refractivity contribution in [2.75, 3.05) is 38.3 Å². The normalized spacial score (nSPS) is 11.1. The molecule has 4 N–H and O–H groups in total. The van der Waals surface area contributed by atoms with E-state index in [4.69, 9.17) is 5.73 Å². The molecule has 0 spiro atoms. The molecule has 106 valence electrons. The third-order valence-electron chi connectivity index (χ3n) is 2.65. The Balaban J connectivity index is 3.04. The van der Waals surface area contributed by atoms with E-state index in [9.17, 15) is 13.2 Å². The molecule has 0 unspecified atom stereocenters. The van der Waals surface area contributed by atoms with Gasteiger partial charge in [-0.15, -0.1) is 0 Å². The summed E-state index contributed by atoms with van der Waals surface area (Å²) in [7, 11) is 1.06. The van der Waals surface area contributed by atoms with Gasteiger partial charge in [0.1, 0.15) is 0 Å². The standard InChI is InChI=1S/C11H18N4O3S/c1-13-11(16)7-15(3)10-5-4-8(6-9(10)12)19(17,18)14-2/h4-6,14H,7,12H2,1-3H3,(H,13,16). The summed E-state index contributed by atoms with van der Waals surface area (Å²) < 4.78 is 25.4. The molecule has 0 atom stereocenters. The number of carbonyl (C=O) groups excluding carboxylic acids is 1. The largest absolute Gasteiger partial charge is 0.397 e. The number of hydrogen-bond donors (Lipinski definition) is 3. The minimum absolute atomic E-state index is 0.0876. The number of nitrogen functional groups attached to an aromatic ring is 1. The van der Waals surface area contributed by atoms with Crippen LogP contribution in [0.25, 0.3) is 0 Å². The third kappa shape index (κ3) is 3.58. The number of nitrogens with zero attached hydrogens (tertiary/aromatic N) is 1. The number of sulfonamides is 1. The van der Waals surface area contributed by atoms with Gasteiger partial charge in [-0.3, -0.25) is 4.79 Å². The van der Waals surface area contributed by atoms with Crippen molar-refractivity contribution in [3.63, 3.8) is 0 Å². The van der Waals surface area contributed by atoms with Crippen LogP contribution >= 0.6 is 0 Å². The Morgan fingerprint density at radius 2 is 2.00 bits per heavy atom. The van der Waals surface area contributed by atoms with Crippen LogP contribution in [0.1, 0.15) is 0 Å². The van der Waals surface area contributed by atoms with E-state index < -0.39 is 10.0 Å². The van der Waals surface area contributed by atoms with E-state index in [0.29, 0.717) is 11.4 Å². The maximum absolute atomic E-state index is 11.6. The third-order valence-corrected chi connectivity index (χ3v) is 4.06. The second-order valence-corrected chi connectivity index (χ2v) is 5.84. The van der Waals surface area contributed by atoms with Crippen LogP contribution in [0.5, 0.6) is 0 Å². The zero-order valence-electron chi connectivity index (χ0n) is 11.1. The fourth-order valence-electron chi connectivity index (χ4n) is 1.54. The first kappa shape index (κ1) is 15.3. The van der Waals surface area contributed by atoms with Gasteiger partial charge in [0.2, 0.25) is 15.9 Å². The first-order valence-electron chi connectivity index (χ1n) is 5.56. The summed E-state index contributed by atoms with van der Waals surface area (Å²) in [6.45, 7) is 0.138. The lowest BCUT2D eigenvalue weighted by molar-refractivity contribution is -0.119. The van der Waals surface area contributed by atoms with E-state index in [2.05, 4.69) is 10.0 Å². The zero-order chi connectivity index (χ0) is 14.6. The number of nitrogens with two attached hydrogens (primary N) is 1. The van der Waals surface area contributed by atoms with Crippen LogP contribution < -0.4 is 20.7 Å². The van der Waals surface area contributed by atoms with Gasteiger partial charge < -0.3 is 16.0 Å². The molecule has 0 aromatic heterocycles. The van der Waals surface area contributed by atoms with E-state index in [1.165, 1.54) is 19.2 Å².